The van der Waals surface area contributed by atoms with Gasteiger partial charge in [-0.1, -0.05) is 11.6 Å². The van der Waals surface area contributed by atoms with Gasteiger partial charge in [0.2, 0.25) is 15.9 Å². The molecule has 2 aliphatic rings. The number of sulfonamides is 1. The lowest BCUT2D eigenvalue weighted by molar-refractivity contribution is -0.113. The van der Waals surface area contributed by atoms with Crippen LogP contribution in [0.4, 0.5) is 5.69 Å². The number of carbonyl (C=O) groups is 1. The van der Waals surface area contributed by atoms with Crippen molar-refractivity contribution < 1.29 is 17.7 Å². The first-order valence-electron chi connectivity index (χ1n) is 11.1. The largest absolute Gasteiger partial charge is 0.361 e. The zero-order valence-electron chi connectivity index (χ0n) is 18.8. The zero-order valence-corrected chi connectivity index (χ0v) is 20.4. The molecule has 7 nitrogen and oxygen atoms in total. The summed E-state index contributed by atoms with van der Waals surface area (Å²) in [6, 6.07) is 6.29. The molecular formula is C23H31N3O4S2. The highest BCUT2D eigenvalue weighted by Crippen LogP contribution is 2.49. The summed E-state index contributed by atoms with van der Waals surface area (Å²) in [5.74, 6) is 3.44. The molecule has 2 N–H and O–H groups in total. The first-order chi connectivity index (χ1) is 15.2. The number of rotatable bonds is 9. The number of benzene rings is 1. The molecule has 2 saturated carbocycles. The minimum absolute atomic E-state index is 0.0654. The Bertz CT molecular complexity index is 1050. The Morgan fingerprint density at radius 1 is 1.22 bits per heavy atom. The Balaban J connectivity index is 1.27. The Morgan fingerprint density at radius 2 is 1.97 bits per heavy atom. The molecule has 2 aromatic rings. The van der Waals surface area contributed by atoms with Gasteiger partial charge in [-0.25, -0.2) is 13.1 Å². The van der Waals surface area contributed by atoms with Crippen LogP contribution < -0.4 is 10.0 Å². The second-order valence-electron chi connectivity index (χ2n) is 9.12. The Labute approximate surface area is 194 Å². The maximum atomic E-state index is 12.8. The van der Waals surface area contributed by atoms with Crippen molar-refractivity contribution in [2.45, 2.75) is 63.1 Å². The van der Waals surface area contributed by atoms with Crippen molar-refractivity contribution in [1.29, 1.82) is 0 Å². The van der Waals surface area contributed by atoms with Gasteiger partial charge >= 0.3 is 0 Å². The third-order valence-electron chi connectivity index (χ3n) is 6.89. The Kier molecular flexibility index (Phi) is 6.97. The normalized spacial score (nSPS) is 23.4. The van der Waals surface area contributed by atoms with Crippen molar-refractivity contribution in [1.82, 2.24) is 9.88 Å². The van der Waals surface area contributed by atoms with Gasteiger partial charge in [0.1, 0.15) is 5.76 Å². The van der Waals surface area contributed by atoms with E-state index < -0.39 is 10.0 Å². The number of thioether (sulfide) groups is 1. The van der Waals surface area contributed by atoms with Gasteiger partial charge in [-0.15, -0.1) is 11.8 Å². The molecule has 0 radical (unpaired) electrons. The fourth-order valence-electron chi connectivity index (χ4n) is 5.17. The number of aryl methyl sites for hydroxylation is 2. The first-order valence-corrected chi connectivity index (χ1v) is 13.8. The summed E-state index contributed by atoms with van der Waals surface area (Å²) in [6.07, 6.45) is 4.91. The molecule has 1 aromatic carbocycles. The Morgan fingerprint density at radius 3 is 2.56 bits per heavy atom. The minimum Gasteiger partial charge on any atom is -0.361 e. The van der Waals surface area contributed by atoms with Crippen molar-refractivity contribution in [2.24, 2.45) is 17.8 Å². The van der Waals surface area contributed by atoms with Crippen LogP contribution in [0.15, 0.2) is 33.7 Å². The summed E-state index contributed by atoms with van der Waals surface area (Å²) in [7, 11) is -3.59. The smallest absolute Gasteiger partial charge is 0.240 e. The van der Waals surface area contributed by atoms with Gasteiger partial charge in [-0.05, 0) is 82.1 Å². The van der Waals surface area contributed by atoms with Crippen LogP contribution in [0.5, 0.6) is 0 Å². The van der Waals surface area contributed by atoms with Gasteiger partial charge in [0, 0.05) is 23.0 Å². The highest BCUT2D eigenvalue weighted by Gasteiger charge is 2.42. The van der Waals surface area contributed by atoms with Crippen LogP contribution in [0.1, 0.15) is 49.6 Å². The molecule has 174 valence electrons. The maximum absolute atomic E-state index is 12.8. The molecule has 0 aliphatic heterocycles. The minimum atomic E-state index is -3.59. The fraction of sp³-hybridized carbons (Fsp3) is 0.565. The average molecular weight is 478 g/mol. The van der Waals surface area contributed by atoms with E-state index in [1.165, 1.54) is 31.0 Å². The summed E-state index contributed by atoms with van der Waals surface area (Å²) in [6.45, 7) is 5.73. The average Bonchev–Trinajstić information content (AvgIpc) is 3.46. The zero-order chi connectivity index (χ0) is 22.9. The quantitative estimate of drug-likeness (QED) is 0.559. The number of nitrogens with zero attached hydrogens (tertiary/aromatic N) is 1. The SMILES string of the molecule is Cc1noc(C)c1CSCC(=O)Nc1ccc(S(=O)(=O)NC(C)C2CC3CCC2C3)cc1. The number of carbonyl (C=O) groups excluding carboxylic acids is 1. The van der Waals surface area contributed by atoms with E-state index >= 15 is 0 Å². The fourth-order valence-corrected chi connectivity index (χ4v) is 7.45. The number of aromatic nitrogens is 1. The van der Waals surface area contributed by atoms with E-state index in [1.54, 1.807) is 24.3 Å². The van der Waals surface area contributed by atoms with Gasteiger partial charge in [0.25, 0.3) is 0 Å². The second kappa shape index (κ2) is 9.57. The van der Waals surface area contributed by atoms with Crippen molar-refractivity contribution in [3.8, 4) is 0 Å². The van der Waals surface area contributed by atoms with Crippen molar-refractivity contribution in [2.75, 3.05) is 11.1 Å². The Hall–Kier alpha value is -1.84. The van der Waals surface area contributed by atoms with Gasteiger partial charge in [0.15, 0.2) is 0 Å². The van der Waals surface area contributed by atoms with Crippen molar-refractivity contribution in [3.05, 3.63) is 41.3 Å². The number of hydrogen-bond acceptors (Lipinski definition) is 6. The van der Waals surface area contributed by atoms with E-state index in [9.17, 15) is 13.2 Å². The number of nitrogens with one attached hydrogen (secondary N) is 2. The molecule has 9 heteroatoms. The number of fused-ring (bicyclic) bond motifs is 2. The topological polar surface area (TPSA) is 101 Å². The molecule has 0 saturated heterocycles. The molecule has 4 rings (SSSR count). The van der Waals surface area contributed by atoms with Crippen LogP contribution >= 0.6 is 11.8 Å². The van der Waals surface area contributed by atoms with E-state index in [4.69, 9.17) is 4.52 Å². The summed E-state index contributed by atoms with van der Waals surface area (Å²) in [4.78, 5) is 12.5. The highest BCUT2D eigenvalue weighted by molar-refractivity contribution is 7.99. The van der Waals surface area contributed by atoms with Crippen molar-refractivity contribution >= 4 is 33.4 Å². The third-order valence-corrected chi connectivity index (χ3v) is 9.42. The first kappa shape index (κ1) is 23.3. The molecule has 1 aromatic heterocycles. The summed E-state index contributed by atoms with van der Waals surface area (Å²) < 4.78 is 33.7. The monoisotopic (exact) mass is 477 g/mol. The van der Waals surface area contributed by atoms with E-state index in [1.807, 2.05) is 20.8 Å². The lowest BCUT2D eigenvalue weighted by Crippen LogP contribution is -2.40. The molecule has 2 aliphatic carbocycles. The van der Waals surface area contributed by atoms with Gasteiger partial charge < -0.3 is 9.84 Å². The maximum Gasteiger partial charge on any atom is 0.240 e. The lowest BCUT2D eigenvalue weighted by atomic mass is 9.84. The molecule has 2 fully saturated rings. The number of hydrogen-bond donors (Lipinski definition) is 2. The molecular weight excluding hydrogens is 446 g/mol. The predicted octanol–water partition coefficient (Wildman–Crippen LogP) is 4.27. The predicted molar refractivity (Wildman–Crippen MR) is 126 cm³/mol. The van der Waals surface area contributed by atoms with E-state index in [0.29, 0.717) is 23.3 Å². The van der Waals surface area contributed by atoms with Crippen molar-refractivity contribution in [3.63, 3.8) is 0 Å². The molecule has 4 unspecified atom stereocenters. The van der Waals surface area contributed by atoms with Crippen LogP contribution in [0.3, 0.4) is 0 Å². The summed E-state index contributed by atoms with van der Waals surface area (Å²) in [5.41, 5.74) is 2.44. The highest BCUT2D eigenvalue weighted by atomic mass is 32.2. The van der Waals surface area contributed by atoms with E-state index in [-0.39, 0.29) is 22.6 Å². The molecule has 1 heterocycles. The second-order valence-corrected chi connectivity index (χ2v) is 11.8. The van der Waals surface area contributed by atoms with Crippen LogP contribution in [-0.2, 0) is 20.6 Å². The van der Waals surface area contributed by atoms with Crippen LogP contribution in [-0.4, -0.2) is 31.3 Å². The van der Waals surface area contributed by atoms with Gasteiger partial charge in [-0.3, -0.25) is 4.79 Å². The number of anilines is 1. The van der Waals surface area contributed by atoms with Crippen LogP contribution in [0, 0.1) is 31.6 Å². The number of amides is 1. The van der Waals surface area contributed by atoms with E-state index in [2.05, 4.69) is 15.2 Å². The van der Waals surface area contributed by atoms with E-state index in [0.717, 1.165) is 29.4 Å². The summed E-state index contributed by atoms with van der Waals surface area (Å²) >= 11 is 1.48. The standard InChI is InChI=1S/C23H31N3O4S2/c1-14-22(16(3)30-25-14)12-31-13-23(27)24-19-6-8-20(9-7-19)32(28,29)26-15(2)21-11-17-4-5-18(21)10-17/h6-9,15,17-18,21,26H,4-5,10-13H2,1-3H3,(H,24,27). The van der Waals surface area contributed by atoms with Gasteiger partial charge in [0.05, 0.1) is 16.3 Å². The summed E-state index contributed by atoms with van der Waals surface area (Å²) in [5, 5.41) is 6.74. The molecule has 1 amide bonds. The molecule has 0 spiro atoms. The van der Waals surface area contributed by atoms with Crippen LogP contribution in [0.2, 0.25) is 0 Å². The molecule has 2 bridgehead atoms. The third kappa shape index (κ3) is 5.21. The lowest BCUT2D eigenvalue weighted by Gasteiger charge is -2.28. The molecule has 32 heavy (non-hydrogen) atoms. The van der Waals surface area contributed by atoms with Gasteiger partial charge in [-0.2, -0.15) is 0 Å². The van der Waals surface area contributed by atoms with Crippen LogP contribution in [0.25, 0.3) is 0 Å². The molecule has 4 atom stereocenters.